The molecular formula is C13H25N3O2. The highest BCUT2D eigenvalue weighted by molar-refractivity contribution is 5.02. The van der Waals surface area contributed by atoms with E-state index in [-0.39, 0.29) is 5.54 Å². The van der Waals surface area contributed by atoms with Crippen molar-refractivity contribution in [3.63, 3.8) is 0 Å². The van der Waals surface area contributed by atoms with Gasteiger partial charge >= 0.3 is 0 Å². The van der Waals surface area contributed by atoms with Gasteiger partial charge in [0.15, 0.2) is 0 Å². The van der Waals surface area contributed by atoms with Crippen molar-refractivity contribution in [1.82, 2.24) is 9.80 Å². The monoisotopic (exact) mass is 255 g/mol. The van der Waals surface area contributed by atoms with Gasteiger partial charge in [-0.05, 0) is 13.8 Å². The van der Waals surface area contributed by atoms with Crippen LogP contribution in [0, 0.1) is 11.3 Å². The zero-order chi connectivity index (χ0) is 13.4. The fourth-order valence-corrected chi connectivity index (χ4v) is 2.04. The molecule has 18 heavy (non-hydrogen) atoms. The highest BCUT2D eigenvalue weighted by atomic mass is 16.5. The summed E-state index contributed by atoms with van der Waals surface area (Å²) in [5.74, 6) is 0. The lowest BCUT2D eigenvalue weighted by atomic mass is 10.0. The van der Waals surface area contributed by atoms with Crippen molar-refractivity contribution in [2.24, 2.45) is 0 Å². The lowest BCUT2D eigenvalue weighted by Crippen LogP contribution is -2.54. The SMILES string of the molecule is COCCOCCN1CCN(C(C)(C)C#N)CC1. The number of nitrogens with zero attached hydrogens (tertiary/aromatic N) is 3. The van der Waals surface area contributed by atoms with E-state index in [0.29, 0.717) is 13.2 Å². The quantitative estimate of drug-likeness (QED) is 0.622. The summed E-state index contributed by atoms with van der Waals surface area (Å²) in [5, 5.41) is 9.10. The molecule has 0 atom stereocenters. The van der Waals surface area contributed by atoms with Crippen molar-refractivity contribution < 1.29 is 9.47 Å². The van der Waals surface area contributed by atoms with Crippen LogP contribution >= 0.6 is 0 Å². The van der Waals surface area contributed by atoms with Gasteiger partial charge in [0.2, 0.25) is 0 Å². The first kappa shape index (κ1) is 15.4. The van der Waals surface area contributed by atoms with E-state index in [4.69, 9.17) is 14.7 Å². The summed E-state index contributed by atoms with van der Waals surface area (Å²) in [6.07, 6.45) is 0. The van der Waals surface area contributed by atoms with E-state index in [1.165, 1.54) is 0 Å². The first-order valence-corrected chi connectivity index (χ1v) is 6.55. The second-order valence-electron chi connectivity index (χ2n) is 5.10. The largest absolute Gasteiger partial charge is 0.382 e. The fraction of sp³-hybridized carbons (Fsp3) is 0.923. The molecule has 1 aliphatic heterocycles. The molecule has 0 radical (unpaired) electrons. The van der Waals surface area contributed by atoms with Gasteiger partial charge in [-0.25, -0.2) is 0 Å². The topological polar surface area (TPSA) is 48.7 Å². The number of nitriles is 1. The molecule has 0 aromatic carbocycles. The van der Waals surface area contributed by atoms with Crippen LogP contribution in [0.3, 0.4) is 0 Å². The summed E-state index contributed by atoms with van der Waals surface area (Å²) >= 11 is 0. The normalized spacial score (nSPS) is 18.8. The minimum atomic E-state index is -0.346. The van der Waals surface area contributed by atoms with Gasteiger partial charge in [-0.15, -0.1) is 0 Å². The molecule has 0 aromatic rings. The van der Waals surface area contributed by atoms with Gasteiger partial charge in [-0.1, -0.05) is 0 Å². The van der Waals surface area contributed by atoms with E-state index in [9.17, 15) is 0 Å². The standard InChI is InChI=1S/C13H25N3O2/c1-13(2,12-14)16-6-4-15(5-7-16)8-9-18-11-10-17-3/h4-11H2,1-3H3. The zero-order valence-corrected chi connectivity index (χ0v) is 11.8. The highest BCUT2D eigenvalue weighted by Gasteiger charge is 2.29. The molecule has 1 rings (SSSR count). The molecule has 1 heterocycles. The molecule has 0 aromatic heterocycles. The van der Waals surface area contributed by atoms with Crippen LogP contribution in [0.2, 0.25) is 0 Å². The van der Waals surface area contributed by atoms with Crippen LogP contribution in [0.25, 0.3) is 0 Å². The van der Waals surface area contributed by atoms with Crippen molar-refractivity contribution >= 4 is 0 Å². The van der Waals surface area contributed by atoms with E-state index in [0.717, 1.165) is 39.3 Å². The molecule has 0 bridgehead atoms. The van der Waals surface area contributed by atoms with Crippen molar-refractivity contribution in [1.29, 1.82) is 5.26 Å². The molecule has 1 aliphatic rings. The van der Waals surface area contributed by atoms with Gasteiger partial charge in [0, 0.05) is 39.8 Å². The summed E-state index contributed by atoms with van der Waals surface area (Å²) in [6.45, 7) is 10.9. The number of methoxy groups -OCH3 is 1. The van der Waals surface area contributed by atoms with E-state index >= 15 is 0 Å². The van der Waals surface area contributed by atoms with Crippen LogP contribution in [0.4, 0.5) is 0 Å². The average Bonchev–Trinajstić information content (AvgIpc) is 2.39. The fourth-order valence-electron chi connectivity index (χ4n) is 2.04. The number of ether oxygens (including phenoxy) is 2. The van der Waals surface area contributed by atoms with Gasteiger partial charge in [0.1, 0.15) is 5.54 Å². The number of rotatable bonds is 7. The van der Waals surface area contributed by atoms with Gasteiger partial charge in [0.25, 0.3) is 0 Å². The lowest BCUT2D eigenvalue weighted by molar-refractivity contribution is 0.0355. The molecule has 0 N–H and O–H groups in total. The third kappa shape index (κ3) is 4.91. The molecule has 5 nitrogen and oxygen atoms in total. The summed E-state index contributed by atoms with van der Waals surface area (Å²) in [4.78, 5) is 4.63. The maximum absolute atomic E-state index is 9.10. The number of hydrogen-bond acceptors (Lipinski definition) is 5. The Kier molecular flexibility index (Phi) is 6.58. The van der Waals surface area contributed by atoms with Gasteiger partial charge < -0.3 is 9.47 Å². The highest BCUT2D eigenvalue weighted by Crippen LogP contribution is 2.15. The second-order valence-corrected chi connectivity index (χ2v) is 5.10. The van der Waals surface area contributed by atoms with Gasteiger partial charge in [-0.3, -0.25) is 9.80 Å². The van der Waals surface area contributed by atoms with Crippen molar-refractivity contribution in [2.45, 2.75) is 19.4 Å². The molecule has 0 unspecified atom stereocenters. The van der Waals surface area contributed by atoms with Crippen LogP contribution < -0.4 is 0 Å². The Hall–Kier alpha value is -0.670. The third-order valence-electron chi connectivity index (χ3n) is 3.42. The molecule has 1 saturated heterocycles. The first-order chi connectivity index (χ1) is 8.60. The maximum atomic E-state index is 9.10. The molecule has 0 aliphatic carbocycles. The minimum Gasteiger partial charge on any atom is -0.382 e. The van der Waals surface area contributed by atoms with Crippen molar-refractivity contribution in [2.75, 3.05) is 59.7 Å². The predicted molar refractivity (Wildman–Crippen MR) is 70.4 cm³/mol. The Bertz CT molecular complexity index is 268. The summed E-state index contributed by atoms with van der Waals surface area (Å²) < 4.78 is 10.4. The lowest BCUT2D eigenvalue weighted by Gasteiger charge is -2.40. The molecule has 104 valence electrons. The van der Waals surface area contributed by atoms with E-state index in [1.807, 2.05) is 13.8 Å². The first-order valence-electron chi connectivity index (χ1n) is 6.55. The Morgan fingerprint density at radius 2 is 1.78 bits per heavy atom. The van der Waals surface area contributed by atoms with E-state index in [1.54, 1.807) is 7.11 Å². The number of piperazine rings is 1. The Morgan fingerprint density at radius 1 is 1.11 bits per heavy atom. The van der Waals surface area contributed by atoms with Crippen LogP contribution in [0.1, 0.15) is 13.8 Å². The average molecular weight is 255 g/mol. The van der Waals surface area contributed by atoms with Crippen molar-refractivity contribution in [3.8, 4) is 6.07 Å². The second kappa shape index (κ2) is 7.70. The molecule has 0 spiro atoms. The Labute approximate surface area is 110 Å². The van der Waals surface area contributed by atoms with Crippen LogP contribution in [0.5, 0.6) is 0 Å². The van der Waals surface area contributed by atoms with Gasteiger partial charge in [-0.2, -0.15) is 5.26 Å². The summed E-state index contributed by atoms with van der Waals surface area (Å²) in [7, 11) is 1.68. The van der Waals surface area contributed by atoms with Crippen LogP contribution in [0.15, 0.2) is 0 Å². The molecule has 0 amide bonds. The summed E-state index contributed by atoms with van der Waals surface area (Å²) in [6, 6.07) is 2.36. The summed E-state index contributed by atoms with van der Waals surface area (Å²) in [5.41, 5.74) is -0.346. The van der Waals surface area contributed by atoms with Gasteiger partial charge in [0.05, 0.1) is 25.9 Å². The molecular weight excluding hydrogens is 230 g/mol. The van der Waals surface area contributed by atoms with Crippen LogP contribution in [-0.2, 0) is 9.47 Å². The molecule has 1 fully saturated rings. The maximum Gasteiger partial charge on any atom is 0.103 e. The Balaban J connectivity index is 2.14. The van der Waals surface area contributed by atoms with E-state index < -0.39 is 0 Å². The Morgan fingerprint density at radius 3 is 2.33 bits per heavy atom. The van der Waals surface area contributed by atoms with E-state index in [2.05, 4.69) is 15.9 Å². The number of hydrogen-bond donors (Lipinski definition) is 0. The molecule has 0 saturated carbocycles. The zero-order valence-electron chi connectivity index (χ0n) is 11.8. The minimum absolute atomic E-state index is 0.346. The smallest absolute Gasteiger partial charge is 0.103 e. The predicted octanol–water partition coefficient (Wildman–Crippen LogP) is 0.569. The molecule has 5 heteroatoms. The third-order valence-corrected chi connectivity index (χ3v) is 3.42. The van der Waals surface area contributed by atoms with Crippen LogP contribution in [-0.4, -0.2) is 75.0 Å². The van der Waals surface area contributed by atoms with Crippen molar-refractivity contribution in [3.05, 3.63) is 0 Å².